The third-order valence-corrected chi connectivity index (χ3v) is 4.43. The second kappa shape index (κ2) is 6.41. The predicted molar refractivity (Wildman–Crippen MR) is 82.9 cm³/mol. The van der Waals surface area contributed by atoms with Crippen LogP contribution in [0.4, 0.5) is 0 Å². The maximum Gasteiger partial charge on any atom is 0.175 e. The highest BCUT2D eigenvalue weighted by atomic mass is 32.2. The Hall–Kier alpha value is -1.66. The van der Waals surface area contributed by atoms with Crippen molar-refractivity contribution < 1.29 is 8.42 Å². The van der Waals surface area contributed by atoms with Gasteiger partial charge in [-0.05, 0) is 30.3 Å². The van der Waals surface area contributed by atoms with Gasteiger partial charge in [0.15, 0.2) is 9.84 Å². The van der Waals surface area contributed by atoms with E-state index >= 15 is 0 Å². The van der Waals surface area contributed by atoms with Gasteiger partial charge in [0.2, 0.25) is 0 Å². The quantitative estimate of drug-likeness (QED) is 0.882. The maximum absolute atomic E-state index is 11.7. The SMILES string of the molecule is CCNC(Cc1ccn(C)n1)c1cccc(S(C)(=O)=O)c1. The van der Waals surface area contributed by atoms with E-state index in [2.05, 4.69) is 10.4 Å². The van der Waals surface area contributed by atoms with Crippen LogP contribution in [0.25, 0.3) is 0 Å². The Bertz CT molecular complexity index is 707. The Morgan fingerprint density at radius 1 is 1.33 bits per heavy atom. The van der Waals surface area contributed by atoms with Gasteiger partial charge in [-0.3, -0.25) is 4.68 Å². The Kier molecular flexibility index (Phi) is 4.80. The topological polar surface area (TPSA) is 64.0 Å². The summed E-state index contributed by atoms with van der Waals surface area (Å²) in [6, 6.07) is 9.13. The number of benzene rings is 1. The van der Waals surface area contributed by atoms with Crippen molar-refractivity contribution in [1.82, 2.24) is 15.1 Å². The summed E-state index contributed by atoms with van der Waals surface area (Å²) in [6.07, 6.45) is 3.86. The minimum atomic E-state index is -3.19. The Labute approximate surface area is 125 Å². The standard InChI is InChI=1S/C15H21N3O2S/c1-4-16-15(11-13-8-9-18(2)17-13)12-6-5-7-14(10-12)21(3,19)20/h5-10,15-16H,4,11H2,1-3H3. The van der Waals surface area contributed by atoms with Gasteiger partial charge < -0.3 is 5.32 Å². The minimum Gasteiger partial charge on any atom is -0.310 e. The van der Waals surface area contributed by atoms with Crippen molar-refractivity contribution in [3.63, 3.8) is 0 Å². The lowest BCUT2D eigenvalue weighted by atomic mass is 10.0. The highest BCUT2D eigenvalue weighted by molar-refractivity contribution is 7.90. The summed E-state index contributed by atoms with van der Waals surface area (Å²) in [4.78, 5) is 0.351. The van der Waals surface area contributed by atoms with E-state index < -0.39 is 9.84 Å². The number of hydrogen-bond acceptors (Lipinski definition) is 4. The Morgan fingerprint density at radius 3 is 2.67 bits per heavy atom. The molecular formula is C15H21N3O2S. The summed E-state index contributed by atoms with van der Waals surface area (Å²) >= 11 is 0. The average Bonchev–Trinajstić information content (AvgIpc) is 2.83. The number of nitrogens with zero attached hydrogens (tertiary/aromatic N) is 2. The molecule has 1 atom stereocenters. The molecule has 1 N–H and O–H groups in total. The predicted octanol–water partition coefficient (Wildman–Crippen LogP) is 1.72. The van der Waals surface area contributed by atoms with Gasteiger partial charge in [0, 0.05) is 32.0 Å². The molecule has 0 radical (unpaired) electrons. The lowest BCUT2D eigenvalue weighted by molar-refractivity contribution is 0.538. The maximum atomic E-state index is 11.7. The van der Waals surface area contributed by atoms with Gasteiger partial charge in [0.1, 0.15) is 0 Å². The van der Waals surface area contributed by atoms with Crippen LogP contribution in [0.1, 0.15) is 24.2 Å². The summed E-state index contributed by atoms with van der Waals surface area (Å²) in [5.74, 6) is 0. The van der Waals surface area contributed by atoms with Crippen LogP contribution in [0.2, 0.25) is 0 Å². The number of nitrogens with one attached hydrogen (secondary N) is 1. The first-order chi connectivity index (χ1) is 9.90. The normalized spacial score (nSPS) is 13.3. The highest BCUT2D eigenvalue weighted by Gasteiger charge is 2.15. The fourth-order valence-electron chi connectivity index (χ4n) is 2.30. The molecule has 114 valence electrons. The molecule has 21 heavy (non-hydrogen) atoms. The van der Waals surface area contributed by atoms with Crippen molar-refractivity contribution in [1.29, 1.82) is 0 Å². The number of rotatable bonds is 6. The summed E-state index contributed by atoms with van der Waals surface area (Å²) in [7, 11) is -1.31. The highest BCUT2D eigenvalue weighted by Crippen LogP contribution is 2.21. The third kappa shape index (κ3) is 4.15. The van der Waals surface area contributed by atoms with E-state index in [1.165, 1.54) is 6.26 Å². The van der Waals surface area contributed by atoms with Crippen molar-refractivity contribution in [3.8, 4) is 0 Å². The fourth-order valence-corrected chi connectivity index (χ4v) is 2.97. The first-order valence-corrected chi connectivity index (χ1v) is 8.81. The van der Waals surface area contributed by atoms with E-state index in [-0.39, 0.29) is 6.04 Å². The smallest absolute Gasteiger partial charge is 0.175 e. The van der Waals surface area contributed by atoms with Crippen molar-refractivity contribution >= 4 is 9.84 Å². The van der Waals surface area contributed by atoms with E-state index in [0.717, 1.165) is 24.2 Å². The van der Waals surface area contributed by atoms with E-state index in [1.54, 1.807) is 22.9 Å². The van der Waals surface area contributed by atoms with Gasteiger partial charge in [0.25, 0.3) is 0 Å². The zero-order valence-corrected chi connectivity index (χ0v) is 13.4. The van der Waals surface area contributed by atoms with Gasteiger partial charge in [0.05, 0.1) is 10.6 Å². The molecule has 5 nitrogen and oxygen atoms in total. The summed E-state index contributed by atoms with van der Waals surface area (Å²) in [5.41, 5.74) is 1.94. The first-order valence-electron chi connectivity index (χ1n) is 6.92. The number of sulfone groups is 1. The van der Waals surface area contributed by atoms with Crippen LogP contribution in [0.15, 0.2) is 41.4 Å². The molecule has 1 heterocycles. The number of aryl methyl sites for hydroxylation is 1. The van der Waals surface area contributed by atoms with E-state index in [1.807, 2.05) is 32.3 Å². The second-order valence-corrected chi connectivity index (χ2v) is 7.16. The molecule has 0 spiro atoms. The molecule has 0 bridgehead atoms. The van der Waals surface area contributed by atoms with Crippen molar-refractivity contribution in [2.75, 3.05) is 12.8 Å². The molecule has 0 saturated carbocycles. The molecule has 2 rings (SSSR count). The van der Waals surface area contributed by atoms with Gasteiger partial charge >= 0.3 is 0 Å². The lowest BCUT2D eigenvalue weighted by Crippen LogP contribution is -2.23. The summed E-state index contributed by atoms with van der Waals surface area (Å²) < 4.78 is 25.2. The zero-order chi connectivity index (χ0) is 15.5. The van der Waals surface area contributed by atoms with Crippen LogP contribution in [-0.2, 0) is 23.3 Å². The van der Waals surface area contributed by atoms with E-state index in [9.17, 15) is 8.42 Å². The molecular weight excluding hydrogens is 286 g/mol. The second-order valence-electron chi connectivity index (χ2n) is 5.14. The van der Waals surface area contributed by atoms with Crippen LogP contribution in [-0.4, -0.2) is 31.0 Å². The molecule has 0 saturated heterocycles. The van der Waals surface area contributed by atoms with Crippen molar-refractivity contribution in [2.45, 2.75) is 24.3 Å². The molecule has 1 aromatic carbocycles. The van der Waals surface area contributed by atoms with Crippen molar-refractivity contribution in [2.24, 2.45) is 7.05 Å². The van der Waals surface area contributed by atoms with Gasteiger partial charge in [-0.25, -0.2) is 8.42 Å². The number of hydrogen-bond donors (Lipinski definition) is 1. The van der Waals surface area contributed by atoms with Crippen LogP contribution in [0.5, 0.6) is 0 Å². The molecule has 2 aromatic rings. The molecule has 0 amide bonds. The Morgan fingerprint density at radius 2 is 2.10 bits per heavy atom. The molecule has 0 aliphatic carbocycles. The monoisotopic (exact) mass is 307 g/mol. The van der Waals surface area contributed by atoms with Crippen LogP contribution >= 0.6 is 0 Å². The molecule has 6 heteroatoms. The average molecular weight is 307 g/mol. The van der Waals surface area contributed by atoms with Crippen LogP contribution in [0, 0.1) is 0 Å². The lowest BCUT2D eigenvalue weighted by Gasteiger charge is -2.18. The van der Waals surface area contributed by atoms with E-state index in [0.29, 0.717) is 4.90 Å². The summed E-state index contributed by atoms with van der Waals surface area (Å²) in [6.45, 7) is 2.84. The zero-order valence-electron chi connectivity index (χ0n) is 12.6. The first kappa shape index (κ1) is 15.7. The van der Waals surface area contributed by atoms with Gasteiger partial charge in [-0.15, -0.1) is 0 Å². The minimum absolute atomic E-state index is 0.0478. The summed E-state index contributed by atoms with van der Waals surface area (Å²) in [5, 5.41) is 7.78. The molecule has 1 aromatic heterocycles. The van der Waals surface area contributed by atoms with Gasteiger partial charge in [-0.1, -0.05) is 19.1 Å². The fraction of sp³-hybridized carbons (Fsp3) is 0.400. The molecule has 0 aliphatic heterocycles. The van der Waals surface area contributed by atoms with Crippen molar-refractivity contribution in [3.05, 3.63) is 47.8 Å². The Balaban J connectivity index is 2.29. The number of likely N-dealkylation sites (N-methyl/N-ethyl adjacent to an activating group) is 1. The molecule has 0 aliphatic rings. The molecule has 1 unspecified atom stereocenters. The van der Waals surface area contributed by atoms with Crippen LogP contribution < -0.4 is 5.32 Å². The largest absolute Gasteiger partial charge is 0.310 e. The van der Waals surface area contributed by atoms with Gasteiger partial charge in [-0.2, -0.15) is 5.10 Å². The van der Waals surface area contributed by atoms with E-state index in [4.69, 9.17) is 0 Å². The number of aromatic nitrogens is 2. The van der Waals surface area contributed by atoms with Crippen LogP contribution in [0.3, 0.4) is 0 Å². The third-order valence-electron chi connectivity index (χ3n) is 3.32. The molecule has 0 fully saturated rings.